The van der Waals surface area contributed by atoms with E-state index in [1.165, 1.54) is 11.0 Å². The van der Waals surface area contributed by atoms with Crippen LogP contribution in [0.2, 0.25) is 0 Å². The first kappa shape index (κ1) is 22.7. The van der Waals surface area contributed by atoms with Gasteiger partial charge in [-0.3, -0.25) is 24.1 Å². The molecular formula is C30H27NO5. The number of imide groups is 1. The molecule has 0 bridgehead atoms. The fourth-order valence-electron chi connectivity index (χ4n) is 6.78. The largest absolute Gasteiger partial charge is 0.507 e. The first-order valence-corrected chi connectivity index (χ1v) is 12.6. The highest BCUT2D eigenvalue weighted by molar-refractivity contribution is 6.24. The molecule has 6 rings (SSSR count). The molecule has 0 spiro atoms. The minimum Gasteiger partial charge on any atom is -0.507 e. The van der Waals surface area contributed by atoms with Gasteiger partial charge < -0.3 is 5.11 Å². The van der Waals surface area contributed by atoms with E-state index in [9.17, 15) is 24.3 Å². The second-order valence-electron chi connectivity index (χ2n) is 10.3. The molecule has 4 aliphatic rings. The highest BCUT2D eigenvalue weighted by Crippen LogP contribution is 2.56. The molecule has 1 heterocycles. The topological polar surface area (TPSA) is 91.8 Å². The van der Waals surface area contributed by atoms with E-state index < -0.39 is 17.8 Å². The van der Waals surface area contributed by atoms with Gasteiger partial charge in [-0.05, 0) is 55.2 Å². The molecule has 0 unspecified atom stereocenters. The lowest BCUT2D eigenvalue weighted by Gasteiger charge is -2.42. The van der Waals surface area contributed by atoms with E-state index >= 15 is 0 Å². The molecule has 0 aromatic heterocycles. The van der Waals surface area contributed by atoms with Crippen LogP contribution >= 0.6 is 0 Å². The Balaban J connectivity index is 1.58. The summed E-state index contributed by atoms with van der Waals surface area (Å²) in [4.78, 5) is 54.8. The van der Waals surface area contributed by atoms with Crippen molar-refractivity contribution in [2.75, 3.05) is 6.54 Å². The second-order valence-corrected chi connectivity index (χ2v) is 10.3. The quantitative estimate of drug-likeness (QED) is 0.399. The Bertz CT molecular complexity index is 1480. The van der Waals surface area contributed by atoms with Crippen LogP contribution in [-0.2, 0) is 19.2 Å². The van der Waals surface area contributed by atoms with Crippen LogP contribution in [0, 0.1) is 17.8 Å². The minimum atomic E-state index is -0.529. The van der Waals surface area contributed by atoms with Crippen LogP contribution in [0.15, 0.2) is 70.8 Å². The van der Waals surface area contributed by atoms with Gasteiger partial charge in [0.1, 0.15) is 5.75 Å². The smallest absolute Gasteiger partial charge is 0.233 e. The Morgan fingerprint density at radius 3 is 2.47 bits per heavy atom. The average Bonchev–Trinajstić information content (AvgIpc) is 3.12. The van der Waals surface area contributed by atoms with E-state index in [4.69, 9.17) is 0 Å². The zero-order chi connectivity index (χ0) is 25.3. The second kappa shape index (κ2) is 8.12. The monoisotopic (exact) mass is 481 g/mol. The van der Waals surface area contributed by atoms with Crippen LogP contribution < -0.4 is 0 Å². The number of ketones is 2. The summed E-state index contributed by atoms with van der Waals surface area (Å²) < 4.78 is 0. The summed E-state index contributed by atoms with van der Waals surface area (Å²) in [5, 5.41) is 12.0. The fraction of sp³-hybridized carbons (Fsp3) is 0.333. The molecule has 1 aliphatic heterocycles. The molecule has 36 heavy (non-hydrogen) atoms. The Kier molecular flexibility index (Phi) is 5.11. The highest BCUT2D eigenvalue weighted by atomic mass is 16.3. The van der Waals surface area contributed by atoms with E-state index in [2.05, 4.69) is 0 Å². The number of carbonyl (C=O) groups excluding carboxylic acids is 4. The molecule has 1 N–H and O–H groups in total. The lowest BCUT2D eigenvalue weighted by Crippen LogP contribution is -2.40. The number of likely N-dealkylation sites (tertiary alicyclic amines) is 1. The van der Waals surface area contributed by atoms with Crippen molar-refractivity contribution >= 4 is 34.2 Å². The van der Waals surface area contributed by atoms with Gasteiger partial charge in [0.25, 0.3) is 0 Å². The van der Waals surface area contributed by atoms with Crippen molar-refractivity contribution in [2.24, 2.45) is 17.8 Å². The molecule has 2 aromatic rings. The van der Waals surface area contributed by atoms with E-state index in [0.29, 0.717) is 41.5 Å². The van der Waals surface area contributed by atoms with Gasteiger partial charge in [-0.15, -0.1) is 0 Å². The summed E-state index contributed by atoms with van der Waals surface area (Å²) in [6, 6.07) is 10.9. The third-order valence-electron chi connectivity index (χ3n) is 8.35. The number of fused-ring (bicyclic) bond motifs is 4. The van der Waals surface area contributed by atoms with Crippen LogP contribution in [0.1, 0.15) is 44.6 Å². The maximum atomic E-state index is 13.6. The standard InChI is InChI=1S/C30H27NO5/c1-3-12-31-29(35)20-9-8-19-21(26(20)30(31)36)14-22-24(33)13-15(2)28(34)27(22)25(19)18-10-11-23(32)17-7-5-4-6-16(17)18/h4-8,10-11,13,20-21,25-26,32H,3,9,12,14H2,1-2H3/t20-,21+,25-,26-/m0/s1. The number of amides is 2. The number of nitrogens with zero attached hydrogens (tertiary/aromatic N) is 1. The van der Waals surface area contributed by atoms with Gasteiger partial charge in [0.15, 0.2) is 11.6 Å². The number of Topliss-reactive ketones (excluding diaryl/α,β-unsaturated/α-hetero) is 1. The zero-order valence-electron chi connectivity index (χ0n) is 20.3. The molecule has 4 atom stereocenters. The molecule has 2 amide bonds. The number of hydrogen-bond donors (Lipinski definition) is 1. The summed E-state index contributed by atoms with van der Waals surface area (Å²) in [5.41, 5.74) is 3.08. The van der Waals surface area contributed by atoms with Gasteiger partial charge in [0.2, 0.25) is 11.8 Å². The number of rotatable bonds is 3. The van der Waals surface area contributed by atoms with Crippen LogP contribution in [-0.4, -0.2) is 39.9 Å². The number of phenolic OH excluding ortho intramolecular Hbond substituents is 1. The average molecular weight is 482 g/mol. The van der Waals surface area contributed by atoms with E-state index in [1.54, 1.807) is 13.0 Å². The van der Waals surface area contributed by atoms with E-state index in [1.807, 2.05) is 43.3 Å². The minimum absolute atomic E-state index is 0.129. The maximum Gasteiger partial charge on any atom is 0.233 e. The van der Waals surface area contributed by atoms with Crippen molar-refractivity contribution < 1.29 is 24.3 Å². The number of phenols is 1. The summed E-state index contributed by atoms with van der Waals surface area (Å²) >= 11 is 0. The van der Waals surface area contributed by atoms with Gasteiger partial charge in [-0.1, -0.05) is 48.9 Å². The van der Waals surface area contributed by atoms with Crippen molar-refractivity contribution in [1.82, 2.24) is 4.90 Å². The fourth-order valence-corrected chi connectivity index (χ4v) is 6.78. The van der Waals surface area contributed by atoms with Gasteiger partial charge in [0, 0.05) is 34.6 Å². The predicted octanol–water partition coefficient (Wildman–Crippen LogP) is 4.38. The van der Waals surface area contributed by atoms with Crippen LogP contribution in [0.5, 0.6) is 5.75 Å². The lowest BCUT2D eigenvalue weighted by molar-refractivity contribution is -0.140. The molecule has 1 saturated heterocycles. The SMILES string of the molecule is CCCN1C(=O)[C@H]2[C@H](CC=C3[C@H](c4ccc(O)c5ccccc45)C4=C(C[C@H]32)C(=O)C=C(C)C4=O)C1=O. The first-order valence-electron chi connectivity index (χ1n) is 12.6. The number of aromatic hydroxyl groups is 1. The van der Waals surface area contributed by atoms with Crippen molar-refractivity contribution in [3.63, 3.8) is 0 Å². The zero-order valence-corrected chi connectivity index (χ0v) is 20.3. The van der Waals surface area contributed by atoms with Crippen molar-refractivity contribution in [3.05, 3.63) is 76.4 Å². The molecule has 1 fully saturated rings. The normalized spacial score (nSPS) is 27.7. The number of allylic oxidation sites excluding steroid dienone is 6. The van der Waals surface area contributed by atoms with Crippen molar-refractivity contribution in [2.45, 2.75) is 39.0 Å². The Hall–Kier alpha value is -3.80. The lowest BCUT2D eigenvalue weighted by atomic mass is 9.59. The predicted molar refractivity (Wildman–Crippen MR) is 134 cm³/mol. The molecule has 2 aromatic carbocycles. The Morgan fingerprint density at radius 2 is 1.72 bits per heavy atom. The van der Waals surface area contributed by atoms with Gasteiger partial charge in [-0.25, -0.2) is 0 Å². The number of benzene rings is 2. The van der Waals surface area contributed by atoms with Gasteiger partial charge in [0.05, 0.1) is 11.8 Å². The molecule has 3 aliphatic carbocycles. The summed E-state index contributed by atoms with van der Waals surface area (Å²) in [5.74, 6) is -2.31. The summed E-state index contributed by atoms with van der Waals surface area (Å²) in [7, 11) is 0. The highest BCUT2D eigenvalue weighted by Gasteiger charge is 2.56. The van der Waals surface area contributed by atoms with Crippen LogP contribution in [0.3, 0.4) is 0 Å². The van der Waals surface area contributed by atoms with Gasteiger partial charge in [-0.2, -0.15) is 0 Å². The molecule has 6 nitrogen and oxygen atoms in total. The van der Waals surface area contributed by atoms with Crippen LogP contribution in [0.25, 0.3) is 10.8 Å². The van der Waals surface area contributed by atoms with Crippen molar-refractivity contribution in [3.8, 4) is 5.75 Å². The molecular weight excluding hydrogens is 454 g/mol. The Labute approximate surface area is 209 Å². The van der Waals surface area contributed by atoms with Crippen molar-refractivity contribution in [1.29, 1.82) is 0 Å². The summed E-state index contributed by atoms with van der Waals surface area (Å²) in [6.07, 6.45) is 4.84. The molecule has 0 saturated carbocycles. The summed E-state index contributed by atoms with van der Waals surface area (Å²) in [6.45, 7) is 4.00. The molecule has 6 heteroatoms. The Morgan fingerprint density at radius 1 is 0.972 bits per heavy atom. The molecule has 182 valence electrons. The van der Waals surface area contributed by atoms with E-state index in [0.717, 1.165) is 16.5 Å². The van der Waals surface area contributed by atoms with Gasteiger partial charge >= 0.3 is 0 Å². The maximum absolute atomic E-state index is 13.6. The van der Waals surface area contributed by atoms with Crippen LogP contribution in [0.4, 0.5) is 0 Å². The third-order valence-corrected chi connectivity index (χ3v) is 8.35. The first-order chi connectivity index (χ1) is 17.3. The number of carbonyl (C=O) groups is 4. The third kappa shape index (κ3) is 3.03. The number of hydrogen-bond acceptors (Lipinski definition) is 5. The van der Waals surface area contributed by atoms with E-state index in [-0.39, 0.29) is 41.5 Å². The molecule has 0 radical (unpaired) electrons.